The Morgan fingerprint density at radius 3 is 2.62 bits per heavy atom. The third kappa shape index (κ3) is 5.40. The van der Waals surface area contributed by atoms with Gasteiger partial charge in [-0.15, -0.1) is 10.2 Å². The molecular weight excluding hydrogens is 468 g/mol. The molecule has 0 radical (unpaired) electrons. The number of aromatic nitrogens is 4. The Morgan fingerprint density at radius 1 is 1.18 bits per heavy atom. The summed E-state index contributed by atoms with van der Waals surface area (Å²) in [5.74, 6) is 1.72. The molecule has 0 aliphatic rings. The van der Waals surface area contributed by atoms with E-state index in [0.717, 1.165) is 44.8 Å². The molecule has 0 saturated carbocycles. The highest BCUT2D eigenvalue weighted by Crippen LogP contribution is 2.28. The number of anilines is 1. The van der Waals surface area contributed by atoms with E-state index in [9.17, 15) is 4.79 Å². The molecule has 0 aliphatic carbocycles. The topological polar surface area (TPSA) is 93.4 Å². The average molecular weight is 495 g/mol. The quantitative estimate of drug-likeness (QED) is 0.354. The van der Waals surface area contributed by atoms with Gasteiger partial charge in [0.25, 0.3) is 5.91 Å². The van der Waals surface area contributed by atoms with E-state index in [1.165, 1.54) is 11.3 Å². The van der Waals surface area contributed by atoms with Gasteiger partial charge in [-0.1, -0.05) is 32.1 Å². The third-order valence-corrected chi connectivity index (χ3v) is 6.17. The number of thiocarbonyl (C=S) groups is 1. The fourth-order valence-electron chi connectivity index (χ4n) is 3.23. The second-order valence-corrected chi connectivity index (χ2v) is 9.60. The number of fused-ring (bicyclic) bond motifs is 1. The van der Waals surface area contributed by atoms with Gasteiger partial charge in [-0.3, -0.25) is 10.1 Å². The second kappa shape index (κ2) is 10.3. The van der Waals surface area contributed by atoms with Crippen molar-refractivity contribution in [2.24, 2.45) is 5.92 Å². The second-order valence-electron chi connectivity index (χ2n) is 8.24. The van der Waals surface area contributed by atoms with E-state index in [1.807, 2.05) is 32.0 Å². The van der Waals surface area contributed by atoms with Crippen LogP contribution in [0.25, 0.3) is 15.5 Å². The van der Waals surface area contributed by atoms with Crippen molar-refractivity contribution in [3.8, 4) is 16.3 Å². The molecule has 0 spiro atoms. The first-order valence-electron chi connectivity index (χ1n) is 11.0. The van der Waals surface area contributed by atoms with E-state index in [2.05, 4.69) is 39.8 Å². The van der Waals surface area contributed by atoms with Crippen molar-refractivity contribution in [1.29, 1.82) is 0 Å². The first-order valence-corrected chi connectivity index (χ1v) is 12.2. The van der Waals surface area contributed by atoms with Crippen molar-refractivity contribution in [3.63, 3.8) is 0 Å². The summed E-state index contributed by atoms with van der Waals surface area (Å²) in [6, 6.07) is 12.9. The van der Waals surface area contributed by atoms with E-state index >= 15 is 0 Å². The summed E-state index contributed by atoms with van der Waals surface area (Å²) in [6.07, 6.45) is 0.769. The van der Waals surface area contributed by atoms with E-state index in [4.69, 9.17) is 17.0 Å². The molecule has 0 bridgehead atoms. The van der Waals surface area contributed by atoms with E-state index in [0.29, 0.717) is 18.1 Å². The van der Waals surface area contributed by atoms with Gasteiger partial charge in [-0.25, -0.2) is 0 Å². The Morgan fingerprint density at radius 2 is 1.94 bits per heavy atom. The Labute approximate surface area is 207 Å². The summed E-state index contributed by atoms with van der Waals surface area (Å²) >= 11 is 6.85. The lowest BCUT2D eigenvalue weighted by molar-refractivity contribution is 0.0977. The number of rotatable bonds is 7. The smallest absolute Gasteiger partial charge is 0.257 e. The molecule has 4 rings (SSSR count). The van der Waals surface area contributed by atoms with Gasteiger partial charge in [-0.2, -0.15) is 9.61 Å². The number of hydrogen-bond donors (Lipinski definition) is 2. The maximum atomic E-state index is 12.6. The summed E-state index contributed by atoms with van der Waals surface area (Å²) in [6.45, 7) is 8.80. The largest absolute Gasteiger partial charge is 0.493 e. The number of nitrogens with zero attached hydrogens (tertiary/aromatic N) is 4. The van der Waals surface area contributed by atoms with Crippen molar-refractivity contribution < 1.29 is 9.53 Å². The lowest BCUT2D eigenvalue weighted by Crippen LogP contribution is -2.34. The highest BCUT2D eigenvalue weighted by atomic mass is 32.1. The standard InChI is InChI=1S/C24H26N6O2S2/c1-5-20-27-28-24-30(20)29-22(34-24)17-8-11-19(15(4)12-17)25-23(33)26-21(31)16-6-9-18(10-7-16)32-13-14(2)3/h6-12,14H,5,13H2,1-4H3,(H2,25,26,31,33). The first-order chi connectivity index (χ1) is 16.3. The number of carbonyl (C=O) groups excluding carboxylic acids is 1. The Bertz CT molecular complexity index is 1330. The molecule has 34 heavy (non-hydrogen) atoms. The number of hydrogen-bond acceptors (Lipinski definition) is 7. The molecule has 2 aromatic heterocycles. The molecule has 0 atom stereocenters. The number of carbonyl (C=O) groups is 1. The van der Waals surface area contributed by atoms with E-state index < -0.39 is 0 Å². The van der Waals surface area contributed by atoms with Crippen LogP contribution in [0.4, 0.5) is 5.69 Å². The predicted octanol–water partition coefficient (Wildman–Crippen LogP) is 4.89. The lowest BCUT2D eigenvalue weighted by atomic mass is 10.1. The zero-order valence-electron chi connectivity index (χ0n) is 19.5. The first kappa shape index (κ1) is 23.8. The van der Waals surface area contributed by atoms with Crippen LogP contribution in [0.15, 0.2) is 42.5 Å². The molecule has 2 aromatic carbocycles. The van der Waals surface area contributed by atoms with Crippen LogP contribution in [0.2, 0.25) is 0 Å². The van der Waals surface area contributed by atoms with Crippen molar-refractivity contribution in [2.75, 3.05) is 11.9 Å². The van der Waals surface area contributed by atoms with Gasteiger partial charge in [0.15, 0.2) is 10.9 Å². The van der Waals surface area contributed by atoms with Crippen molar-refractivity contribution in [3.05, 3.63) is 59.4 Å². The normalized spacial score (nSPS) is 11.1. The number of amides is 1. The van der Waals surface area contributed by atoms with Crippen LogP contribution in [0.5, 0.6) is 5.75 Å². The van der Waals surface area contributed by atoms with Crippen LogP contribution in [0.3, 0.4) is 0 Å². The fraction of sp³-hybridized carbons (Fsp3) is 0.292. The van der Waals surface area contributed by atoms with Gasteiger partial charge in [-0.05, 0) is 73.1 Å². The van der Waals surface area contributed by atoms with E-state index in [-0.39, 0.29) is 11.0 Å². The van der Waals surface area contributed by atoms with Crippen LogP contribution in [0.1, 0.15) is 42.5 Å². The van der Waals surface area contributed by atoms with Crippen LogP contribution in [-0.4, -0.2) is 37.4 Å². The summed E-state index contributed by atoms with van der Waals surface area (Å²) in [4.78, 5) is 13.3. The van der Waals surface area contributed by atoms with Gasteiger partial charge >= 0.3 is 0 Å². The molecular formula is C24H26N6O2S2. The van der Waals surface area contributed by atoms with Gasteiger partial charge in [0.05, 0.1) is 6.61 Å². The van der Waals surface area contributed by atoms with Gasteiger partial charge in [0, 0.05) is 23.2 Å². The highest BCUT2D eigenvalue weighted by Gasteiger charge is 2.14. The predicted molar refractivity (Wildman–Crippen MR) is 139 cm³/mol. The third-order valence-electron chi connectivity index (χ3n) is 5.02. The number of benzene rings is 2. The van der Waals surface area contributed by atoms with Gasteiger partial charge in [0.2, 0.25) is 4.96 Å². The minimum absolute atomic E-state index is 0.229. The Kier molecular flexibility index (Phi) is 7.18. The molecule has 176 valence electrons. The Balaban J connectivity index is 1.38. The fourth-order valence-corrected chi connectivity index (χ4v) is 4.28. The maximum Gasteiger partial charge on any atom is 0.257 e. The van der Waals surface area contributed by atoms with Crippen molar-refractivity contribution in [2.45, 2.75) is 34.1 Å². The summed E-state index contributed by atoms with van der Waals surface area (Å²) < 4.78 is 7.45. The van der Waals surface area contributed by atoms with Gasteiger partial charge in [0.1, 0.15) is 10.8 Å². The zero-order valence-corrected chi connectivity index (χ0v) is 21.1. The van der Waals surface area contributed by atoms with Crippen LogP contribution < -0.4 is 15.4 Å². The lowest BCUT2D eigenvalue weighted by Gasteiger charge is -2.13. The highest BCUT2D eigenvalue weighted by molar-refractivity contribution is 7.80. The molecule has 2 heterocycles. The van der Waals surface area contributed by atoms with Crippen molar-refractivity contribution >= 4 is 45.2 Å². The number of ether oxygens (including phenoxy) is 1. The van der Waals surface area contributed by atoms with Crippen LogP contribution in [0, 0.1) is 12.8 Å². The summed E-state index contributed by atoms with van der Waals surface area (Å²) in [5.41, 5.74) is 3.27. The molecule has 1 amide bonds. The van der Waals surface area contributed by atoms with Crippen LogP contribution in [-0.2, 0) is 6.42 Å². The molecule has 0 aliphatic heterocycles. The zero-order chi connectivity index (χ0) is 24.2. The molecule has 8 nitrogen and oxygen atoms in total. The SMILES string of the molecule is CCc1nnc2sc(-c3ccc(NC(=S)NC(=O)c4ccc(OCC(C)C)cc4)c(C)c3)nn12. The minimum Gasteiger partial charge on any atom is -0.493 e. The molecule has 10 heteroatoms. The van der Waals surface area contributed by atoms with Gasteiger partial charge < -0.3 is 10.1 Å². The summed E-state index contributed by atoms with van der Waals surface area (Å²) in [7, 11) is 0. The van der Waals surface area contributed by atoms with Crippen LogP contribution >= 0.6 is 23.6 Å². The molecule has 0 unspecified atom stereocenters. The Hall–Kier alpha value is -3.37. The molecule has 2 N–H and O–H groups in total. The number of nitrogens with one attached hydrogen (secondary N) is 2. The molecule has 0 saturated heterocycles. The van der Waals surface area contributed by atoms with E-state index in [1.54, 1.807) is 28.8 Å². The monoisotopic (exact) mass is 494 g/mol. The average Bonchev–Trinajstić information content (AvgIpc) is 3.40. The van der Waals surface area contributed by atoms with Crippen molar-refractivity contribution in [1.82, 2.24) is 25.1 Å². The number of aryl methyl sites for hydroxylation is 2. The minimum atomic E-state index is -0.284. The molecule has 0 fully saturated rings. The molecule has 4 aromatic rings. The summed E-state index contributed by atoms with van der Waals surface area (Å²) in [5, 5.41) is 19.9. The maximum absolute atomic E-state index is 12.6.